The van der Waals surface area contributed by atoms with Gasteiger partial charge in [-0.05, 0) is 12.1 Å². The third-order valence-corrected chi connectivity index (χ3v) is 2.85. The fraction of sp³-hybridized carbons (Fsp3) is 0.200. The van der Waals surface area contributed by atoms with E-state index in [4.69, 9.17) is 10.2 Å². The van der Waals surface area contributed by atoms with Gasteiger partial charge in [0.15, 0.2) is 0 Å². The van der Waals surface area contributed by atoms with Crippen molar-refractivity contribution in [2.24, 2.45) is 5.14 Å². The van der Waals surface area contributed by atoms with Crippen LogP contribution in [0, 0.1) is 0 Å². The molecule has 1 amide bonds. The molecule has 0 fully saturated rings. The number of carbonyl (C=O) groups excluding carboxylic acids is 1. The molecule has 8 heteroatoms. The Balaban J connectivity index is 2.76. The average Bonchev–Trinajstić information content (AvgIpc) is 2.27. The summed E-state index contributed by atoms with van der Waals surface area (Å²) >= 11 is 0. The largest absolute Gasteiger partial charge is 0.478 e. The molecule has 0 saturated heterocycles. The molecule has 4 N–H and O–H groups in total. The van der Waals surface area contributed by atoms with Crippen molar-refractivity contribution in [3.63, 3.8) is 0 Å². The zero-order valence-electron chi connectivity index (χ0n) is 9.29. The number of primary sulfonamides is 1. The van der Waals surface area contributed by atoms with Gasteiger partial charge < -0.3 is 10.4 Å². The normalized spacial score (nSPS) is 10.9. The Morgan fingerprint density at radius 1 is 1.22 bits per heavy atom. The molecule has 1 rings (SSSR count). The summed E-state index contributed by atoms with van der Waals surface area (Å²) in [6.07, 6.45) is 0. The number of sulfonamides is 1. The van der Waals surface area contributed by atoms with Gasteiger partial charge in [-0.2, -0.15) is 0 Å². The Labute approximate surface area is 104 Å². The minimum absolute atomic E-state index is 0.0283. The van der Waals surface area contributed by atoms with Gasteiger partial charge in [-0.25, -0.2) is 18.4 Å². The number of nitrogens with one attached hydrogen (secondary N) is 1. The maximum absolute atomic E-state index is 11.6. The summed E-state index contributed by atoms with van der Waals surface area (Å²) in [7, 11) is -3.66. The van der Waals surface area contributed by atoms with Crippen molar-refractivity contribution in [1.29, 1.82) is 0 Å². The average molecular weight is 272 g/mol. The first-order chi connectivity index (χ1) is 8.31. The van der Waals surface area contributed by atoms with Crippen molar-refractivity contribution < 1.29 is 23.1 Å². The molecule has 0 unspecified atom stereocenters. The minimum Gasteiger partial charge on any atom is -0.478 e. The van der Waals surface area contributed by atoms with Crippen molar-refractivity contribution in [2.75, 3.05) is 12.3 Å². The van der Waals surface area contributed by atoms with Gasteiger partial charge >= 0.3 is 5.97 Å². The van der Waals surface area contributed by atoms with Crippen LogP contribution in [0.4, 0.5) is 0 Å². The number of carbonyl (C=O) groups is 2. The van der Waals surface area contributed by atoms with E-state index in [9.17, 15) is 18.0 Å². The van der Waals surface area contributed by atoms with Crippen molar-refractivity contribution in [2.45, 2.75) is 0 Å². The Bertz CT molecular complexity index is 567. The zero-order chi connectivity index (χ0) is 13.8. The van der Waals surface area contributed by atoms with Crippen LogP contribution in [0.3, 0.4) is 0 Å². The third kappa shape index (κ3) is 4.15. The number of carboxylic acid groups (broad SMARTS) is 1. The third-order valence-electron chi connectivity index (χ3n) is 2.07. The van der Waals surface area contributed by atoms with Crippen LogP contribution in [0.15, 0.2) is 24.3 Å². The molecule has 7 nitrogen and oxygen atoms in total. The SMILES string of the molecule is NS(=O)(=O)CCNC(=O)c1ccccc1C(=O)O. The molecular weight excluding hydrogens is 260 g/mol. The summed E-state index contributed by atoms with van der Waals surface area (Å²) in [6.45, 7) is -0.175. The highest BCUT2D eigenvalue weighted by molar-refractivity contribution is 7.89. The lowest BCUT2D eigenvalue weighted by atomic mass is 10.1. The summed E-state index contributed by atoms with van der Waals surface area (Å²) in [5.41, 5.74) is -0.176. The fourth-order valence-corrected chi connectivity index (χ4v) is 1.66. The lowest BCUT2D eigenvalue weighted by Gasteiger charge is -2.06. The van der Waals surface area contributed by atoms with Gasteiger partial charge in [-0.1, -0.05) is 12.1 Å². The minimum atomic E-state index is -3.66. The van der Waals surface area contributed by atoms with Crippen LogP contribution in [-0.2, 0) is 10.0 Å². The smallest absolute Gasteiger partial charge is 0.336 e. The quantitative estimate of drug-likeness (QED) is 0.660. The highest BCUT2D eigenvalue weighted by Gasteiger charge is 2.15. The van der Waals surface area contributed by atoms with Crippen LogP contribution in [-0.4, -0.2) is 37.7 Å². The molecule has 0 spiro atoms. The molecular formula is C10H12N2O5S. The maximum atomic E-state index is 11.6. The van der Waals surface area contributed by atoms with E-state index >= 15 is 0 Å². The second-order valence-electron chi connectivity index (χ2n) is 3.47. The number of amides is 1. The summed E-state index contributed by atoms with van der Waals surface area (Å²) in [4.78, 5) is 22.5. The number of hydrogen-bond donors (Lipinski definition) is 3. The second kappa shape index (κ2) is 5.61. The van der Waals surface area contributed by atoms with Crippen LogP contribution in [0.1, 0.15) is 20.7 Å². The fourth-order valence-electron chi connectivity index (χ4n) is 1.27. The molecule has 0 saturated carbocycles. The van der Waals surface area contributed by atoms with E-state index in [2.05, 4.69) is 5.32 Å². The first-order valence-electron chi connectivity index (χ1n) is 4.92. The number of carboxylic acids is 1. The molecule has 18 heavy (non-hydrogen) atoms. The summed E-state index contributed by atoms with van der Waals surface area (Å²) in [5.74, 6) is -2.29. The van der Waals surface area contributed by atoms with E-state index in [0.29, 0.717) is 0 Å². The molecule has 0 aliphatic heterocycles. The second-order valence-corrected chi connectivity index (χ2v) is 5.21. The number of hydrogen-bond acceptors (Lipinski definition) is 4. The molecule has 0 aliphatic rings. The van der Waals surface area contributed by atoms with E-state index in [-0.39, 0.29) is 17.7 Å². The van der Waals surface area contributed by atoms with E-state index in [1.54, 1.807) is 0 Å². The van der Waals surface area contributed by atoms with Crippen molar-refractivity contribution in [3.05, 3.63) is 35.4 Å². The maximum Gasteiger partial charge on any atom is 0.336 e. The van der Waals surface area contributed by atoms with Crippen LogP contribution < -0.4 is 10.5 Å². The highest BCUT2D eigenvalue weighted by atomic mass is 32.2. The lowest BCUT2D eigenvalue weighted by molar-refractivity contribution is 0.0691. The van der Waals surface area contributed by atoms with Crippen LogP contribution in [0.2, 0.25) is 0 Å². The zero-order valence-corrected chi connectivity index (χ0v) is 10.1. The number of rotatable bonds is 5. The van der Waals surface area contributed by atoms with Gasteiger partial charge in [-0.15, -0.1) is 0 Å². The van der Waals surface area contributed by atoms with Crippen LogP contribution >= 0.6 is 0 Å². The molecule has 0 radical (unpaired) electrons. The monoisotopic (exact) mass is 272 g/mol. The van der Waals surface area contributed by atoms with Gasteiger partial charge in [0.05, 0.1) is 16.9 Å². The first-order valence-corrected chi connectivity index (χ1v) is 6.64. The van der Waals surface area contributed by atoms with Crippen molar-refractivity contribution in [3.8, 4) is 0 Å². The van der Waals surface area contributed by atoms with E-state index in [0.717, 1.165) is 0 Å². The molecule has 0 aromatic heterocycles. The topological polar surface area (TPSA) is 127 Å². The molecule has 0 heterocycles. The van der Waals surface area contributed by atoms with E-state index < -0.39 is 27.7 Å². The predicted octanol–water partition coefficient (Wildman–Crippen LogP) is -0.597. The van der Waals surface area contributed by atoms with Gasteiger partial charge in [-0.3, -0.25) is 4.79 Å². The Morgan fingerprint density at radius 3 is 2.28 bits per heavy atom. The highest BCUT2D eigenvalue weighted by Crippen LogP contribution is 2.08. The Hall–Kier alpha value is -1.93. The van der Waals surface area contributed by atoms with Crippen molar-refractivity contribution in [1.82, 2.24) is 5.32 Å². The van der Waals surface area contributed by atoms with E-state index in [1.165, 1.54) is 24.3 Å². The molecule has 98 valence electrons. The first kappa shape index (κ1) is 14.1. The summed E-state index contributed by atoms with van der Waals surface area (Å²) < 4.78 is 21.3. The molecule has 1 aromatic carbocycles. The lowest BCUT2D eigenvalue weighted by Crippen LogP contribution is -2.32. The number of nitrogens with two attached hydrogens (primary N) is 1. The number of benzene rings is 1. The number of aromatic carboxylic acids is 1. The van der Waals surface area contributed by atoms with Crippen LogP contribution in [0.5, 0.6) is 0 Å². The summed E-state index contributed by atoms with van der Waals surface area (Å²) in [5, 5.41) is 15.9. The molecule has 0 bridgehead atoms. The standard InChI is InChI=1S/C10H12N2O5S/c11-18(16,17)6-5-12-9(13)7-3-1-2-4-8(7)10(14)15/h1-4H,5-6H2,(H,12,13)(H,14,15)(H2,11,16,17). The van der Waals surface area contributed by atoms with Gasteiger partial charge in [0, 0.05) is 6.54 Å². The van der Waals surface area contributed by atoms with Gasteiger partial charge in [0.2, 0.25) is 10.0 Å². The van der Waals surface area contributed by atoms with E-state index in [1.807, 2.05) is 0 Å². The summed E-state index contributed by atoms with van der Waals surface area (Å²) in [6, 6.07) is 5.64. The Kier molecular flexibility index (Phi) is 4.40. The van der Waals surface area contributed by atoms with Gasteiger partial charge in [0.1, 0.15) is 0 Å². The predicted molar refractivity (Wildman–Crippen MR) is 63.7 cm³/mol. The molecule has 0 aliphatic carbocycles. The Morgan fingerprint density at radius 2 is 1.78 bits per heavy atom. The van der Waals surface area contributed by atoms with Gasteiger partial charge in [0.25, 0.3) is 5.91 Å². The van der Waals surface area contributed by atoms with Crippen molar-refractivity contribution >= 4 is 21.9 Å². The molecule has 0 atom stereocenters. The molecule has 1 aromatic rings. The van der Waals surface area contributed by atoms with Crippen LogP contribution in [0.25, 0.3) is 0 Å².